The van der Waals surface area contributed by atoms with Gasteiger partial charge in [-0.3, -0.25) is 9.78 Å². The van der Waals surface area contributed by atoms with Crippen molar-refractivity contribution in [3.63, 3.8) is 0 Å². The van der Waals surface area contributed by atoms with Gasteiger partial charge in [-0.05, 0) is 17.9 Å². The molecular formula is C12H12N2O. The highest BCUT2D eigenvalue weighted by molar-refractivity contribution is 5.98. The molecule has 0 fully saturated rings. The van der Waals surface area contributed by atoms with Crippen LogP contribution < -0.4 is 0 Å². The van der Waals surface area contributed by atoms with E-state index in [4.69, 9.17) is 5.26 Å². The molecule has 0 unspecified atom stereocenters. The summed E-state index contributed by atoms with van der Waals surface area (Å²) in [6.45, 7) is 4.13. The molecule has 0 spiro atoms. The summed E-state index contributed by atoms with van der Waals surface area (Å²) in [6.07, 6.45) is 2.88. The Labute approximate surface area is 88.8 Å². The Morgan fingerprint density at radius 2 is 2.20 bits per heavy atom. The third kappa shape index (κ3) is 1.75. The van der Waals surface area contributed by atoms with Crippen molar-refractivity contribution in [3.05, 3.63) is 29.1 Å². The lowest BCUT2D eigenvalue weighted by atomic mass is 9.75. The number of nitriles is 1. The van der Waals surface area contributed by atoms with Gasteiger partial charge in [0.1, 0.15) is 6.07 Å². The number of Topliss-reactive ketones (excluding diaryl/α,β-unsaturated/α-hetero) is 1. The maximum Gasteiger partial charge on any atom is 0.165 e. The summed E-state index contributed by atoms with van der Waals surface area (Å²) >= 11 is 0. The average molecular weight is 200 g/mol. The number of fused-ring (bicyclic) bond motifs is 1. The van der Waals surface area contributed by atoms with Crippen molar-refractivity contribution in [3.8, 4) is 6.07 Å². The lowest BCUT2D eigenvalue weighted by Crippen LogP contribution is -2.27. The van der Waals surface area contributed by atoms with Gasteiger partial charge in [0.15, 0.2) is 5.78 Å². The molecule has 1 aliphatic carbocycles. The summed E-state index contributed by atoms with van der Waals surface area (Å²) in [5.74, 6) is 0.103. The second-order valence-electron chi connectivity index (χ2n) is 4.77. The Morgan fingerprint density at radius 3 is 2.87 bits per heavy atom. The van der Waals surface area contributed by atoms with Gasteiger partial charge in [0, 0.05) is 18.2 Å². The van der Waals surface area contributed by atoms with Crippen LogP contribution in [0.25, 0.3) is 0 Å². The van der Waals surface area contributed by atoms with E-state index < -0.39 is 0 Å². The maximum absolute atomic E-state index is 11.8. The molecule has 2 rings (SSSR count). The third-order valence-electron chi connectivity index (χ3n) is 2.68. The van der Waals surface area contributed by atoms with Crippen molar-refractivity contribution in [2.24, 2.45) is 5.41 Å². The molecule has 0 saturated carbocycles. The smallest absolute Gasteiger partial charge is 0.165 e. The molecule has 1 heterocycles. The number of aromatic nitrogens is 1. The zero-order valence-electron chi connectivity index (χ0n) is 8.87. The SMILES string of the molecule is CC1(C)CC(=O)c2cc(C#N)cnc2C1. The molecule has 1 aromatic rings. The Morgan fingerprint density at radius 1 is 1.47 bits per heavy atom. The van der Waals surface area contributed by atoms with Crippen molar-refractivity contribution in [2.45, 2.75) is 26.7 Å². The van der Waals surface area contributed by atoms with E-state index in [1.165, 1.54) is 6.20 Å². The van der Waals surface area contributed by atoms with Crippen molar-refractivity contribution in [1.29, 1.82) is 5.26 Å². The van der Waals surface area contributed by atoms with Crippen LogP contribution in [0, 0.1) is 16.7 Å². The number of hydrogen-bond acceptors (Lipinski definition) is 3. The zero-order chi connectivity index (χ0) is 11.1. The van der Waals surface area contributed by atoms with E-state index >= 15 is 0 Å². The van der Waals surface area contributed by atoms with Crippen LogP contribution in [-0.2, 0) is 6.42 Å². The van der Waals surface area contributed by atoms with Crippen LogP contribution in [0.15, 0.2) is 12.3 Å². The number of nitrogens with zero attached hydrogens (tertiary/aromatic N) is 2. The van der Waals surface area contributed by atoms with Gasteiger partial charge in [-0.2, -0.15) is 5.26 Å². The third-order valence-corrected chi connectivity index (χ3v) is 2.68. The van der Waals surface area contributed by atoms with Crippen LogP contribution in [0.1, 0.15) is 41.9 Å². The standard InChI is InChI=1S/C12H12N2O/c1-12(2)4-10-9(11(15)5-12)3-8(6-13)7-14-10/h3,7H,4-5H2,1-2H3. The van der Waals surface area contributed by atoms with Gasteiger partial charge in [-0.1, -0.05) is 13.8 Å². The number of carbonyl (C=O) groups excluding carboxylic acids is 1. The molecule has 0 amide bonds. The minimum Gasteiger partial charge on any atom is -0.294 e. The van der Waals surface area contributed by atoms with E-state index in [0.29, 0.717) is 17.5 Å². The largest absolute Gasteiger partial charge is 0.294 e. The molecule has 0 radical (unpaired) electrons. The summed E-state index contributed by atoms with van der Waals surface area (Å²) in [4.78, 5) is 16.0. The number of hydrogen-bond donors (Lipinski definition) is 0. The van der Waals surface area contributed by atoms with E-state index in [2.05, 4.69) is 18.8 Å². The van der Waals surface area contributed by atoms with E-state index in [9.17, 15) is 4.79 Å². The van der Waals surface area contributed by atoms with Gasteiger partial charge in [0.05, 0.1) is 11.3 Å². The molecule has 0 bridgehead atoms. The summed E-state index contributed by atoms with van der Waals surface area (Å²) in [7, 11) is 0. The van der Waals surface area contributed by atoms with Crippen LogP contribution in [0.4, 0.5) is 0 Å². The van der Waals surface area contributed by atoms with Gasteiger partial charge in [-0.15, -0.1) is 0 Å². The highest BCUT2D eigenvalue weighted by Crippen LogP contribution is 2.33. The van der Waals surface area contributed by atoms with Crippen molar-refractivity contribution in [2.75, 3.05) is 0 Å². The van der Waals surface area contributed by atoms with Gasteiger partial charge in [0.2, 0.25) is 0 Å². The molecule has 0 atom stereocenters. The summed E-state index contributed by atoms with van der Waals surface area (Å²) < 4.78 is 0. The highest BCUT2D eigenvalue weighted by atomic mass is 16.1. The number of carbonyl (C=O) groups is 1. The lowest BCUT2D eigenvalue weighted by Gasteiger charge is -2.29. The van der Waals surface area contributed by atoms with Crippen molar-refractivity contribution in [1.82, 2.24) is 4.98 Å². The van der Waals surface area contributed by atoms with Gasteiger partial charge in [-0.25, -0.2) is 0 Å². The predicted octanol–water partition coefficient (Wildman–Crippen LogP) is 2.11. The lowest BCUT2D eigenvalue weighted by molar-refractivity contribution is 0.0910. The van der Waals surface area contributed by atoms with Crippen molar-refractivity contribution >= 4 is 5.78 Å². The first-order chi connectivity index (χ1) is 7.02. The molecular weight excluding hydrogens is 188 g/mol. The molecule has 3 nitrogen and oxygen atoms in total. The summed E-state index contributed by atoms with van der Waals surface area (Å²) in [5, 5.41) is 8.73. The average Bonchev–Trinajstić information content (AvgIpc) is 2.15. The fraction of sp³-hybridized carbons (Fsp3) is 0.417. The zero-order valence-corrected chi connectivity index (χ0v) is 8.87. The van der Waals surface area contributed by atoms with E-state index in [1.807, 2.05) is 6.07 Å². The Hall–Kier alpha value is -1.69. The quantitative estimate of drug-likeness (QED) is 0.644. The first kappa shape index (κ1) is 9.85. The van der Waals surface area contributed by atoms with Crippen molar-refractivity contribution < 1.29 is 4.79 Å². The van der Waals surface area contributed by atoms with Crippen LogP contribution >= 0.6 is 0 Å². The molecule has 3 heteroatoms. The number of ketones is 1. The van der Waals surface area contributed by atoms with Crippen LogP contribution in [0.5, 0.6) is 0 Å². The van der Waals surface area contributed by atoms with Gasteiger partial charge >= 0.3 is 0 Å². The molecule has 76 valence electrons. The first-order valence-corrected chi connectivity index (χ1v) is 4.94. The highest BCUT2D eigenvalue weighted by Gasteiger charge is 2.31. The second-order valence-corrected chi connectivity index (χ2v) is 4.77. The molecule has 1 aliphatic rings. The molecule has 0 N–H and O–H groups in total. The van der Waals surface area contributed by atoms with E-state index in [0.717, 1.165) is 12.1 Å². The summed E-state index contributed by atoms with van der Waals surface area (Å²) in [6, 6.07) is 3.66. The number of rotatable bonds is 0. The van der Waals surface area contributed by atoms with Crippen LogP contribution in [-0.4, -0.2) is 10.8 Å². The Kier molecular flexibility index (Phi) is 2.08. The topological polar surface area (TPSA) is 53.8 Å². The first-order valence-electron chi connectivity index (χ1n) is 4.94. The monoisotopic (exact) mass is 200 g/mol. The van der Waals surface area contributed by atoms with Crippen LogP contribution in [0.3, 0.4) is 0 Å². The van der Waals surface area contributed by atoms with E-state index in [-0.39, 0.29) is 11.2 Å². The molecule has 0 aliphatic heterocycles. The Bertz CT molecular complexity index is 469. The fourth-order valence-electron chi connectivity index (χ4n) is 1.98. The summed E-state index contributed by atoms with van der Waals surface area (Å²) in [5.41, 5.74) is 1.91. The molecule has 15 heavy (non-hydrogen) atoms. The fourth-order valence-corrected chi connectivity index (χ4v) is 1.98. The molecule has 0 saturated heterocycles. The maximum atomic E-state index is 11.8. The van der Waals surface area contributed by atoms with E-state index in [1.54, 1.807) is 6.07 Å². The van der Waals surface area contributed by atoms with Crippen LogP contribution in [0.2, 0.25) is 0 Å². The normalized spacial score (nSPS) is 18.1. The minimum absolute atomic E-state index is 0.00869. The minimum atomic E-state index is -0.00869. The van der Waals surface area contributed by atoms with Gasteiger partial charge in [0.25, 0.3) is 0 Å². The molecule has 0 aromatic carbocycles. The number of pyridine rings is 1. The second kappa shape index (κ2) is 3.16. The Balaban J connectivity index is 2.52. The van der Waals surface area contributed by atoms with Gasteiger partial charge < -0.3 is 0 Å². The molecule has 1 aromatic heterocycles. The predicted molar refractivity (Wildman–Crippen MR) is 55.4 cm³/mol.